The summed E-state index contributed by atoms with van der Waals surface area (Å²) in [4.78, 5) is 25.2. The first kappa shape index (κ1) is 15.0. The minimum absolute atomic E-state index is 0.156. The molecule has 7 heteroatoms. The quantitative estimate of drug-likeness (QED) is 0.799. The molecule has 3 aromatic rings. The monoisotopic (exact) mass is 328 g/mol. The lowest BCUT2D eigenvalue weighted by molar-refractivity contribution is -0.125. The number of nitrogens with zero attached hydrogens (tertiary/aromatic N) is 3. The van der Waals surface area contributed by atoms with E-state index in [1.807, 2.05) is 0 Å². The molecule has 3 aromatic heterocycles. The molecule has 1 N–H and O–H groups in total. The van der Waals surface area contributed by atoms with E-state index in [4.69, 9.17) is 4.42 Å². The number of furan rings is 1. The number of nitrogens with one attached hydrogen (secondary N) is 1. The Hall–Kier alpha value is -2.57. The van der Waals surface area contributed by atoms with Crippen molar-refractivity contribution in [2.24, 2.45) is 0 Å². The van der Waals surface area contributed by atoms with Crippen molar-refractivity contribution in [3.8, 4) is 0 Å². The van der Waals surface area contributed by atoms with Gasteiger partial charge in [-0.3, -0.25) is 14.0 Å². The van der Waals surface area contributed by atoms with Crippen molar-refractivity contribution in [3.63, 3.8) is 0 Å². The lowest BCUT2D eigenvalue weighted by Gasteiger charge is -2.24. The van der Waals surface area contributed by atoms with Gasteiger partial charge >= 0.3 is 0 Å². The number of rotatable bonds is 3. The van der Waals surface area contributed by atoms with Crippen LogP contribution in [0.25, 0.3) is 16.6 Å². The summed E-state index contributed by atoms with van der Waals surface area (Å²) in [5, 5.41) is 7.24. The average Bonchev–Trinajstić information content (AvgIpc) is 3.17. The van der Waals surface area contributed by atoms with Crippen LogP contribution in [0.1, 0.15) is 45.1 Å². The van der Waals surface area contributed by atoms with Gasteiger partial charge in [0.1, 0.15) is 17.9 Å². The van der Waals surface area contributed by atoms with E-state index in [0.29, 0.717) is 11.1 Å². The molecule has 0 saturated heterocycles. The van der Waals surface area contributed by atoms with Crippen molar-refractivity contribution in [2.45, 2.75) is 51.1 Å². The molecule has 1 aliphatic carbocycles. The van der Waals surface area contributed by atoms with Crippen LogP contribution < -0.4 is 10.9 Å². The number of hydrogen-bond donors (Lipinski definition) is 1. The van der Waals surface area contributed by atoms with Crippen LogP contribution in [0.5, 0.6) is 0 Å². The molecule has 3 heterocycles. The van der Waals surface area contributed by atoms with E-state index in [1.54, 1.807) is 36.0 Å². The number of carbonyl (C=O) groups is 1. The second kappa shape index (κ2) is 5.81. The van der Waals surface area contributed by atoms with E-state index >= 15 is 0 Å². The highest BCUT2D eigenvalue weighted by molar-refractivity contribution is 5.82. The Morgan fingerprint density at radius 1 is 1.33 bits per heavy atom. The van der Waals surface area contributed by atoms with Gasteiger partial charge < -0.3 is 9.73 Å². The van der Waals surface area contributed by atoms with E-state index in [0.717, 1.165) is 31.2 Å². The van der Waals surface area contributed by atoms with E-state index in [1.165, 1.54) is 11.1 Å². The highest BCUT2D eigenvalue weighted by Gasteiger charge is 2.23. The zero-order valence-corrected chi connectivity index (χ0v) is 13.6. The molecule has 1 atom stereocenters. The van der Waals surface area contributed by atoms with Crippen molar-refractivity contribution in [1.29, 1.82) is 0 Å². The molecule has 126 valence electrons. The van der Waals surface area contributed by atoms with Crippen LogP contribution in [-0.2, 0) is 4.79 Å². The molecule has 0 bridgehead atoms. The van der Waals surface area contributed by atoms with Crippen LogP contribution in [0.4, 0.5) is 0 Å². The molecular formula is C17H20N4O3. The third-order valence-corrected chi connectivity index (χ3v) is 4.88. The Balaban J connectivity index is 1.63. The summed E-state index contributed by atoms with van der Waals surface area (Å²) in [7, 11) is 0. The van der Waals surface area contributed by atoms with Crippen LogP contribution in [0, 0.1) is 0 Å². The molecule has 24 heavy (non-hydrogen) atoms. The zero-order valence-electron chi connectivity index (χ0n) is 13.6. The molecule has 0 spiro atoms. The number of aromatic nitrogens is 3. The van der Waals surface area contributed by atoms with Crippen LogP contribution in [-0.4, -0.2) is 26.1 Å². The van der Waals surface area contributed by atoms with Crippen molar-refractivity contribution in [3.05, 3.63) is 35.1 Å². The SMILES string of the molecule is CC(C(=O)NC1CCCCC1)n1ncn2c(cc3occc32)c1=O. The molecule has 7 nitrogen and oxygen atoms in total. The fourth-order valence-corrected chi connectivity index (χ4v) is 3.47. The zero-order chi connectivity index (χ0) is 16.7. The first-order valence-corrected chi connectivity index (χ1v) is 8.41. The van der Waals surface area contributed by atoms with Gasteiger partial charge in [-0.05, 0) is 19.8 Å². The van der Waals surface area contributed by atoms with Crippen molar-refractivity contribution in [2.75, 3.05) is 0 Å². The van der Waals surface area contributed by atoms with Gasteiger partial charge in [-0.1, -0.05) is 19.3 Å². The minimum atomic E-state index is -0.648. The highest BCUT2D eigenvalue weighted by Crippen LogP contribution is 2.20. The van der Waals surface area contributed by atoms with Gasteiger partial charge in [0.05, 0.1) is 11.8 Å². The van der Waals surface area contributed by atoms with Crippen LogP contribution >= 0.6 is 0 Å². The van der Waals surface area contributed by atoms with Crippen LogP contribution in [0.2, 0.25) is 0 Å². The molecule has 1 aliphatic rings. The van der Waals surface area contributed by atoms with Crippen LogP contribution in [0.15, 0.2) is 33.9 Å². The minimum Gasteiger partial charge on any atom is -0.463 e. The number of hydrogen-bond acceptors (Lipinski definition) is 4. The first-order valence-electron chi connectivity index (χ1n) is 8.41. The molecule has 1 unspecified atom stereocenters. The average molecular weight is 328 g/mol. The van der Waals surface area contributed by atoms with Crippen molar-refractivity contribution < 1.29 is 9.21 Å². The van der Waals surface area contributed by atoms with Gasteiger partial charge in [0.15, 0.2) is 5.58 Å². The molecular weight excluding hydrogens is 308 g/mol. The summed E-state index contributed by atoms with van der Waals surface area (Å²) >= 11 is 0. The maximum Gasteiger partial charge on any atom is 0.291 e. The van der Waals surface area contributed by atoms with Crippen molar-refractivity contribution in [1.82, 2.24) is 19.5 Å². The predicted molar refractivity (Wildman–Crippen MR) is 89.0 cm³/mol. The maximum absolute atomic E-state index is 12.7. The number of amides is 1. The standard InChI is InChI=1S/C17H20N4O3/c1-11(16(22)19-12-5-3-2-4-6-12)21-17(23)14-9-15-13(7-8-24-15)20(14)10-18-21/h7-12H,2-6H2,1H3,(H,19,22). The summed E-state index contributed by atoms with van der Waals surface area (Å²) in [6.45, 7) is 1.70. The predicted octanol–water partition coefficient (Wildman–Crippen LogP) is 2.25. The fourth-order valence-electron chi connectivity index (χ4n) is 3.47. The molecule has 1 fully saturated rings. The smallest absolute Gasteiger partial charge is 0.291 e. The number of fused-ring (bicyclic) bond motifs is 3. The second-order valence-electron chi connectivity index (χ2n) is 6.47. The summed E-state index contributed by atoms with van der Waals surface area (Å²) in [5.74, 6) is -0.156. The Labute approximate surface area is 138 Å². The van der Waals surface area contributed by atoms with E-state index in [-0.39, 0.29) is 17.5 Å². The summed E-state index contributed by atoms with van der Waals surface area (Å²) in [6.07, 6.45) is 8.67. The van der Waals surface area contributed by atoms with Crippen LogP contribution in [0.3, 0.4) is 0 Å². The maximum atomic E-state index is 12.7. The van der Waals surface area contributed by atoms with E-state index in [2.05, 4.69) is 10.4 Å². The molecule has 1 amide bonds. The second-order valence-corrected chi connectivity index (χ2v) is 6.47. The van der Waals surface area contributed by atoms with Crippen molar-refractivity contribution >= 4 is 22.5 Å². The summed E-state index contributed by atoms with van der Waals surface area (Å²) in [6, 6.07) is 3.03. The summed E-state index contributed by atoms with van der Waals surface area (Å²) < 4.78 is 8.26. The molecule has 4 rings (SSSR count). The highest BCUT2D eigenvalue weighted by atomic mass is 16.3. The lowest BCUT2D eigenvalue weighted by Crippen LogP contribution is -2.42. The molecule has 0 radical (unpaired) electrons. The van der Waals surface area contributed by atoms with Gasteiger partial charge in [0.2, 0.25) is 5.91 Å². The largest absolute Gasteiger partial charge is 0.463 e. The van der Waals surface area contributed by atoms with E-state index in [9.17, 15) is 9.59 Å². The Morgan fingerprint density at radius 2 is 2.12 bits per heavy atom. The normalized spacial score (nSPS) is 17.4. The Kier molecular flexibility index (Phi) is 3.63. The summed E-state index contributed by atoms with van der Waals surface area (Å²) in [5.41, 5.74) is 1.58. The Bertz CT molecular complexity index is 946. The van der Waals surface area contributed by atoms with Gasteiger partial charge in [-0.25, -0.2) is 4.68 Å². The number of carbonyl (C=O) groups excluding carboxylic acids is 1. The molecule has 1 saturated carbocycles. The van der Waals surface area contributed by atoms with Gasteiger partial charge in [-0.15, -0.1) is 0 Å². The third-order valence-electron chi connectivity index (χ3n) is 4.88. The molecule has 0 aliphatic heterocycles. The lowest BCUT2D eigenvalue weighted by atomic mass is 9.95. The third kappa shape index (κ3) is 2.40. The van der Waals surface area contributed by atoms with Gasteiger partial charge in [-0.2, -0.15) is 5.10 Å². The molecule has 0 aromatic carbocycles. The Morgan fingerprint density at radius 3 is 2.92 bits per heavy atom. The first-order chi connectivity index (χ1) is 11.6. The topological polar surface area (TPSA) is 81.5 Å². The van der Waals surface area contributed by atoms with Gasteiger partial charge in [0, 0.05) is 18.2 Å². The fraction of sp³-hybridized carbons (Fsp3) is 0.471. The van der Waals surface area contributed by atoms with Gasteiger partial charge in [0.25, 0.3) is 5.56 Å². The van der Waals surface area contributed by atoms with E-state index < -0.39 is 6.04 Å².